The van der Waals surface area contributed by atoms with E-state index in [0.717, 1.165) is 39.7 Å². The molecule has 0 spiro atoms. The molecular weight excluding hydrogens is 845 g/mol. The monoisotopic (exact) mass is 892 g/mol. The van der Waals surface area contributed by atoms with E-state index in [1.165, 1.54) is 16.7 Å². The number of carbonyl (C=O) groups excluding carboxylic acids is 3. The summed E-state index contributed by atoms with van der Waals surface area (Å²) in [4.78, 5) is 37.1. The first-order valence-electron chi connectivity index (χ1n) is 22.1. The predicted octanol–water partition coefficient (Wildman–Crippen LogP) is 15.4. The Balaban J connectivity index is 0.000000189. The van der Waals surface area contributed by atoms with E-state index in [1.54, 1.807) is 74.7 Å². The molecule has 68 heavy (non-hydrogen) atoms. The van der Waals surface area contributed by atoms with Gasteiger partial charge in [-0.2, -0.15) is 0 Å². The zero-order valence-corrected chi connectivity index (χ0v) is 38.1. The van der Waals surface area contributed by atoms with Crippen molar-refractivity contribution in [1.82, 2.24) is 0 Å². The first-order valence-corrected chi connectivity index (χ1v) is 22.1. The average molecular weight is 893 g/mol. The molecule has 9 aromatic rings. The van der Waals surface area contributed by atoms with Crippen molar-refractivity contribution in [1.29, 1.82) is 0 Å². The highest BCUT2D eigenvalue weighted by Gasteiger charge is 2.12. The van der Waals surface area contributed by atoms with Crippen molar-refractivity contribution in [3.63, 3.8) is 0 Å². The van der Waals surface area contributed by atoms with Crippen LogP contribution in [0.4, 0.5) is 0 Å². The Kier molecular flexibility index (Phi) is 14.4. The topological polar surface area (TPSA) is 88.1 Å². The van der Waals surface area contributed by atoms with Crippen molar-refractivity contribution < 1.29 is 33.3 Å². The molecule has 0 aliphatic rings. The first kappa shape index (κ1) is 45.7. The summed E-state index contributed by atoms with van der Waals surface area (Å²) in [5, 5.41) is 0. The lowest BCUT2D eigenvalue weighted by Crippen LogP contribution is -2.01. The van der Waals surface area contributed by atoms with Crippen LogP contribution in [0, 0.1) is 13.8 Å². The first-order chi connectivity index (χ1) is 33.1. The number of carbonyl (C=O) groups is 3. The number of Topliss-reactive ketones (excluding diaryl/α,β-unsaturated/α-hetero) is 1. The highest BCUT2D eigenvalue weighted by Crippen LogP contribution is 2.30. The fourth-order valence-corrected chi connectivity index (χ4v) is 7.19. The van der Waals surface area contributed by atoms with Crippen LogP contribution in [-0.4, -0.2) is 24.5 Å². The molecule has 0 fully saturated rings. The molecule has 0 heterocycles. The smallest absolute Gasteiger partial charge is 0.193 e. The van der Waals surface area contributed by atoms with Gasteiger partial charge in [0.25, 0.3) is 0 Å². The van der Waals surface area contributed by atoms with E-state index in [1.807, 2.05) is 140 Å². The lowest BCUT2D eigenvalue weighted by molar-refractivity contribution is 0.101. The van der Waals surface area contributed by atoms with E-state index < -0.39 is 0 Å². The van der Waals surface area contributed by atoms with E-state index in [0.29, 0.717) is 45.1 Å². The van der Waals surface area contributed by atoms with E-state index in [4.69, 9.17) is 18.9 Å². The second-order valence-electron chi connectivity index (χ2n) is 16.1. The summed E-state index contributed by atoms with van der Waals surface area (Å²) in [5.41, 5.74) is 9.81. The molecule has 0 N–H and O–H groups in total. The fraction of sp³-hybridized carbons (Fsp3) is 0.0656. The van der Waals surface area contributed by atoms with Crippen LogP contribution in [0.15, 0.2) is 218 Å². The number of aryl methyl sites for hydroxylation is 2. The maximum atomic E-state index is 13.0. The summed E-state index contributed by atoms with van der Waals surface area (Å²) < 4.78 is 22.9. The molecule has 9 rings (SSSR count). The standard InChI is InChI=1S/C34H26O4.C27H22O3/c1-23-3-15-30(16-4-23)37-32-19-21-33(22-20-32)38-31-17-13-29(14-18-31)34(36)28-11-9-27(10-12-28)26-7-5-25(6-8-26)24(2)35;1-19-3-5-20(6-4-19)21-7-15-25(16-8-21)30-26-17-11-23(12-18-26)27(28)22-9-13-24(29-2)14-10-22/h3-22H,1-2H3;3-18H,1-2H3. The van der Waals surface area contributed by atoms with Crippen LogP contribution in [0.25, 0.3) is 22.3 Å². The van der Waals surface area contributed by atoms with Gasteiger partial charge in [-0.05, 0) is 164 Å². The molecule has 0 saturated heterocycles. The van der Waals surface area contributed by atoms with Crippen molar-refractivity contribution >= 4 is 17.3 Å². The number of ether oxygens (including phenoxy) is 4. The highest BCUT2D eigenvalue weighted by atomic mass is 16.5. The molecule has 334 valence electrons. The third-order valence-electron chi connectivity index (χ3n) is 11.1. The molecule has 0 unspecified atom stereocenters. The van der Waals surface area contributed by atoms with Gasteiger partial charge < -0.3 is 18.9 Å². The second kappa shape index (κ2) is 21.5. The highest BCUT2D eigenvalue weighted by molar-refractivity contribution is 6.09. The summed E-state index contributed by atoms with van der Waals surface area (Å²) in [6.45, 7) is 5.67. The average Bonchev–Trinajstić information content (AvgIpc) is 3.38. The van der Waals surface area contributed by atoms with Gasteiger partial charge in [0.15, 0.2) is 17.3 Å². The Hall–Kier alpha value is -8.81. The SMILES string of the molecule is CC(=O)c1ccc(-c2ccc(C(=O)c3ccc(Oc4ccc(Oc5ccc(C)cc5)cc4)cc3)cc2)cc1.COc1ccc(C(=O)c2ccc(Oc3ccc(-c4ccc(C)cc4)cc3)cc2)cc1. The third kappa shape index (κ3) is 11.9. The molecule has 7 heteroatoms. The number of rotatable bonds is 14. The summed E-state index contributed by atoms with van der Waals surface area (Å²) >= 11 is 0. The third-order valence-corrected chi connectivity index (χ3v) is 11.1. The molecular formula is C61H48O7. The van der Waals surface area contributed by atoms with Gasteiger partial charge in [-0.1, -0.05) is 108 Å². The molecule has 0 atom stereocenters. The van der Waals surface area contributed by atoms with Crippen molar-refractivity contribution in [2.75, 3.05) is 7.11 Å². The minimum atomic E-state index is -0.0624. The summed E-state index contributed by atoms with van der Waals surface area (Å²) in [7, 11) is 1.60. The summed E-state index contributed by atoms with van der Waals surface area (Å²) in [6, 6.07) is 68.0. The van der Waals surface area contributed by atoms with Crippen LogP contribution in [0.1, 0.15) is 60.3 Å². The van der Waals surface area contributed by atoms with Crippen LogP contribution < -0.4 is 18.9 Å². The van der Waals surface area contributed by atoms with Crippen LogP contribution in [-0.2, 0) is 0 Å². The van der Waals surface area contributed by atoms with Crippen LogP contribution in [0.2, 0.25) is 0 Å². The van der Waals surface area contributed by atoms with Gasteiger partial charge in [-0.15, -0.1) is 0 Å². The largest absolute Gasteiger partial charge is 0.497 e. The number of hydrogen-bond donors (Lipinski definition) is 0. The van der Waals surface area contributed by atoms with E-state index in [-0.39, 0.29) is 17.3 Å². The Bertz CT molecular complexity index is 3100. The minimum absolute atomic E-state index is 0.0355. The maximum Gasteiger partial charge on any atom is 0.193 e. The second-order valence-corrected chi connectivity index (χ2v) is 16.1. The van der Waals surface area contributed by atoms with Gasteiger partial charge >= 0.3 is 0 Å². The van der Waals surface area contributed by atoms with E-state index in [2.05, 4.69) is 31.2 Å². The molecule has 0 aliphatic carbocycles. The van der Waals surface area contributed by atoms with Crippen molar-refractivity contribution in [3.8, 4) is 62.5 Å². The predicted molar refractivity (Wildman–Crippen MR) is 269 cm³/mol. The van der Waals surface area contributed by atoms with Crippen molar-refractivity contribution in [2.24, 2.45) is 0 Å². The Labute approximate surface area is 396 Å². The van der Waals surface area contributed by atoms with Crippen LogP contribution in [0.3, 0.4) is 0 Å². The molecule has 7 nitrogen and oxygen atoms in total. The molecule has 0 aromatic heterocycles. The normalized spacial score (nSPS) is 10.5. The maximum absolute atomic E-state index is 13.0. The lowest BCUT2D eigenvalue weighted by atomic mass is 9.98. The zero-order chi connectivity index (χ0) is 47.4. The zero-order valence-electron chi connectivity index (χ0n) is 38.1. The quantitative estimate of drug-likeness (QED) is 0.100. The Morgan fingerprint density at radius 3 is 0.794 bits per heavy atom. The van der Waals surface area contributed by atoms with Crippen LogP contribution in [0.5, 0.6) is 40.2 Å². The van der Waals surface area contributed by atoms with Crippen molar-refractivity contribution in [3.05, 3.63) is 257 Å². The lowest BCUT2D eigenvalue weighted by Gasteiger charge is -2.09. The molecule has 0 radical (unpaired) electrons. The van der Waals surface area contributed by atoms with Gasteiger partial charge in [0, 0.05) is 27.8 Å². The van der Waals surface area contributed by atoms with Gasteiger partial charge in [0.2, 0.25) is 0 Å². The Morgan fingerprint density at radius 1 is 0.279 bits per heavy atom. The number of hydrogen-bond acceptors (Lipinski definition) is 7. The number of benzene rings is 9. The van der Waals surface area contributed by atoms with Crippen LogP contribution >= 0.6 is 0 Å². The molecule has 0 bridgehead atoms. The van der Waals surface area contributed by atoms with E-state index >= 15 is 0 Å². The summed E-state index contributed by atoms with van der Waals surface area (Å²) in [6.07, 6.45) is 0. The molecule has 9 aromatic carbocycles. The molecule has 0 saturated carbocycles. The van der Waals surface area contributed by atoms with Gasteiger partial charge in [0.05, 0.1) is 7.11 Å². The summed E-state index contributed by atoms with van der Waals surface area (Å²) in [5.74, 6) is 4.91. The fourth-order valence-electron chi connectivity index (χ4n) is 7.19. The van der Waals surface area contributed by atoms with Gasteiger partial charge in [-0.3, -0.25) is 14.4 Å². The number of ketones is 3. The Morgan fingerprint density at radius 2 is 0.485 bits per heavy atom. The molecule has 0 aliphatic heterocycles. The molecule has 0 amide bonds. The van der Waals surface area contributed by atoms with Gasteiger partial charge in [0.1, 0.15) is 40.2 Å². The van der Waals surface area contributed by atoms with E-state index in [9.17, 15) is 14.4 Å². The minimum Gasteiger partial charge on any atom is -0.497 e. The van der Waals surface area contributed by atoms with Crippen molar-refractivity contribution in [2.45, 2.75) is 20.8 Å². The van der Waals surface area contributed by atoms with Gasteiger partial charge in [-0.25, -0.2) is 0 Å². The number of methoxy groups -OCH3 is 1.